The lowest BCUT2D eigenvalue weighted by atomic mass is 10.0. The molecule has 1 aliphatic rings. The number of benzene rings is 2. The zero-order valence-electron chi connectivity index (χ0n) is 25.9. The number of urea groups is 1. The van der Waals surface area contributed by atoms with Gasteiger partial charge in [0.25, 0.3) is 17.4 Å². The second-order valence-electron chi connectivity index (χ2n) is 10.2. The van der Waals surface area contributed by atoms with Gasteiger partial charge in [0.2, 0.25) is 11.8 Å². The Hall–Kier alpha value is -7.16. The number of methoxy groups -OCH3 is 1. The van der Waals surface area contributed by atoms with E-state index < -0.39 is 40.5 Å². The fraction of sp³-hybridized carbons (Fsp3) is 0.0588. The number of rotatable bonds is 9. The van der Waals surface area contributed by atoms with Gasteiger partial charge in [0.1, 0.15) is 11.1 Å². The van der Waals surface area contributed by atoms with Crippen LogP contribution in [0.2, 0.25) is 0 Å². The number of hydrogen-bond donors (Lipinski definition) is 4. The van der Waals surface area contributed by atoms with Gasteiger partial charge in [-0.05, 0) is 71.8 Å². The number of pyridine rings is 1. The summed E-state index contributed by atoms with van der Waals surface area (Å²) >= 11 is 0. The normalized spacial score (nSPS) is 14.5. The lowest BCUT2D eigenvalue weighted by molar-refractivity contribution is -0.122. The quantitative estimate of drug-likeness (QED) is 0.0682. The molecule has 3 heterocycles. The van der Waals surface area contributed by atoms with Crippen molar-refractivity contribution in [2.45, 2.75) is 6.92 Å². The van der Waals surface area contributed by atoms with Crippen LogP contribution in [-0.2, 0) is 19.1 Å². The third kappa shape index (κ3) is 7.47. The number of allylic oxidation sites excluding steroid dienone is 4. The number of nitrogens with one attached hydrogen (secondary N) is 3. The minimum absolute atomic E-state index is 0.103. The largest absolute Gasteiger partial charge is 0.494 e. The highest BCUT2D eigenvalue weighted by Crippen LogP contribution is 2.25. The summed E-state index contributed by atoms with van der Waals surface area (Å²) in [4.78, 5) is 87.9. The van der Waals surface area contributed by atoms with Crippen LogP contribution >= 0.6 is 0 Å². The van der Waals surface area contributed by atoms with Crippen molar-refractivity contribution < 1.29 is 29.0 Å². The summed E-state index contributed by atoms with van der Waals surface area (Å²) in [7, 11) is 1.42. The molecule has 0 saturated carbocycles. The third-order valence-corrected chi connectivity index (χ3v) is 6.91. The molecule has 2 aromatic heterocycles. The third-order valence-electron chi connectivity index (χ3n) is 6.91. The van der Waals surface area contributed by atoms with Gasteiger partial charge < -0.3 is 15.2 Å². The van der Waals surface area contributed by atoms with Crippen LogP contribution in [0.1, 0.15) is 18.1 Å². The van der Waals surface area contributed by atoms with Crippen molar-refractivity contribution in [1.82, 2.24) is 19.9 Å². The molecule has 4 aromatic rings. The minimum Gasteiger partial charge on any atom is -0.494 e. The number of carbonyl (C=O) groups is 4. The number of hydrogen-bond acceptors (Lipinski definition) is 10. The molecule has 0 atom stereocenters. The SMILES string of the molecule is CO/C=N/c1cccc(-n2c(=O)[nH]c(O)c(C=CC(=CC=C3C(=O)NC(=O)N(c4cccc(NC(C)=O)c4)C3=O)c3ccncc3)c2=O)c1. The summed E-state index contributed by atoms with van der Waals surface area (Å²) in [6.07, 6.45) is 9.46. The molecule has 5 rings (SSSR count). The number of imide groups is 2. The Morgan fingerprint density at radius 2 is 1.73 bits per heavy atom. The maximum absolute atomic E-state index is 13.5. The Morgan fingerprint density at radius 1 is 1.00 bits per heavy atom. The summed E-state index contributed by atoms with van der Waals surface area (Å²) in [5.41, 5.74) is -0.537. The molecule has 1 aliphatic heterocycles. The Morgan fingerprint density at radius 3 is 2.47 bits per heavy atom. The summed E-state index contributed by atoms with van der Waals surface area (Å²) in [6, 6.07) is 14.4. The molecule has 4 N–H and O–H groups in total. The molecule has 0 bridgehead atoms. The summed E-state index contributed by atoms with van der Waals surface area (Å²) in [5.74, 6) is -2.93. The smallest absolute Gasteiger partial charge is 0.335 e. The van der Waals surface area contributed by atoms with Crippen molar-refractivity contribution in [2.75, 3.05) is 17.3 Å². The van der Waals surface area contributed by atoms with Crippen LogP contribution in [-0.4, -0.2) is 56.9 Å². The van der Waals surface area contributed by atoms with Crippen molar-refractivity contribution in [3.63, 3.8) is 0 Å². The van der Waals surface area contributed by atoms with E-state index >= 15 is 0 Å². The van der Waals surface area contributed by atoms with Crippen molar-refractivity contribution in [3.8, 4) is 11.6 Å². The van der Waals surface area contributed by atoms with E-state index in [0.717, 1.165) is 9.47 Å². The van der Waals surface area contributed by atoms with Crippen LogP contribution in [0.3, 0.4) is 0 Å². The van der Waals surface area contributed by atoms with Crippen molar-refractivity contribution >= 4 is 58.9 Å². The van der Waals surface area contributed by atoms with Crippen LogP contribution in [0.4, 0.5) is 21.9 Å². The van der Waals surface area contributed by atoms with E-state index in [2.05, 4.69) is 25.6 Å². The fourth-order valence-corrected chi connectivity index (χ4v) is 4.73. The number of barbiturate groups is 1. The number of carbonyl (C=O) groups excluding carboxylic acids is 4. The first-order valence-electron chi connectivity index (χ1n) is 14.4. The minimum atomic E-state index is -0.980. The zero-order chi connectivity index (χ0) is 35.1. The van der Waals surface area contributed by atoms with E-state index in [4.69, 9.17) is 4.74 Å². The van der Waals surface area contributed by atoms with Gasteiger partial charge >= 0.3 is 11.7 Å². The van der Waals surface area contributed by atoms with Crippen LogP contribution in [0.5, 0.6) is 5.88 Å². The monoisotopic (exact) mass is 661 g/mol. The van der Waals surface area contributed by atoms with E-state index in [9.17, 15) is 33.9 Å². The van der Waals surface area contributed by atoms with Gasteiger partial charge in [-0.15, -0.1) is 0 Å². The summed E-state index contributed by atoms with van der Waals surface area (Å²) in [6.45, 7) is 1.30. The van der Waals surface area contributed by atoms with Gasteiger partial charge in [0, 0.05) is 25.0 Å². The Bertz CT molecular complexity index is 2220. The van der Waals surface area contributed by atoms with Crippen molar-refractivity contribution in [3.05, 3.63) is 129 Å². The molecule has 0 radical (unpaired) electrons. The van der Waals surface area contributed by atoms with E-state index in [-0.39, 0.29) is 22.8 Å². The first-order chi connectivity index (χ1) is 23.6. The maximum Gasteiger partial charge on any atom is 0.335 e. The highest BCUT2D eigenvalue weighted by molar-refractivity contribution is 6.37. The number of H-pyrrole nitrogens is 1. The van der Waals surface area contributed by atoms with Crippen molar-refractivity contribution in [2.24, 2.45) is 4.99 Å². The van der Waals surface area contributed by atoms with Gasteiger partial charge in [-0.1, -0.05) is 24.3 Å². The first kappa shape index (κ1) is 33.2. The van der Waals surface area contributed by atoms with E-state index in [1.807, 2.05) is 0 Å². The van der Waals surface area contributed by atoms with E-state index in [1.54, 1.807) is 30.3 Å². The number of aliphatic imine (C=N–C) groups is 1. The molecule has 49 heavy (non-hydrogen) atoms. The van der Waals surface area contributed by atoms with Crippen LogP contribution < -0.4 is 26.8 Å². The first-order valence-corrected chi connectivity index (χ1v) is 14.4. The standard InChI is InChI=1S/C34H27N7O8/c1-20(42)37-24-6-4-8-26(18-24)41-32(46)28(30(44)39-34(41)48)12-10-21(22-13-15-35-16-14-22)9-11-27-29(43)38-33(47)40(31(27)45)25-7-3-5-23(17-25)36-19-49-2/h3-19,43H,1-2H3,(H,37,42)(H,38,47)(H,39,44,48)/b11-9?,21-10?,28-12?,36-19+. The molecule has 15 heteroatoms. The fourth-order valence-electron chi connectivity index (χ4n) is 4.73. The Balaban J connectivity index is 1.55. The molecular formula is C34H27N7O8. The topological polar surface area (TPSA) is 205 Å². The lowest BCUT2D eigenvalue weighted by Crippen LogP contribution is -2.54. The molecule has 15 nitrogen and oxygen atoms in total. The molecular weight excluding hydrogens is 634 g/mol. The van der Waals surface area contributed by atoms with E-state index in [0.29, 0.717) is 22.5 Å². The van der Waals surface area contributed by atoms with Crippen LogP contribution in [0.15, 0.2) is 111 Å². The number of aromatic amines is 1. The number of anilines is 2. The highest BCUT2D eigenvalue weighted by Gasteiger charge is 2.36. The van der Waals surface area contributed by atoms with E-state index in [1.165, 1.54) is 87.5 Å². The second-order valence-corrected chi connectivity index (χ2v) is 10.2. The maximum atomic E-state index is 13.5. The van der Waals surface area contributed by atoms with Gasteiger partial charge in [-0.25, -0.2) is 24.0 Å². The Kier molecular flexibility index (Phi) is 9.83. The van der Waals surface area contributed by atoms with Gasteiger partial charge in [0.15, 0.2) is 6.40 Å². The van der Waals surface area contributed by atoms with Crippen LogP contribution in [0, 0.1) is 0 Å². The molecule has 246 valence electrons. The lowest BCUT2D eigenvalue weighted by Gasteiger charge is -2.26. The van der Waals surface area contributed by atoms with Gasteiger partial charge in [-0.2, -0.15) is 0 Å². The molecule has 1 saturated heterocycles. The van der Waals surface area contributed by atoms with Crippen molar-refractivity contribution in [1.29, 1.82) is 0 Å². The second kappa shape index (κ2) is 14.5. The van der Waals surface area contributed by atoms with Crippen LogP contribution in [0.25, 0.3) is 17.3 Å². The number of aromatic nitrogens is 3. The molecule has 0 unspecified atom stereocenters. The molecule has 0 aliphatic carbocycles. The summed E-state index contributed by atoms with van der Waals surface area (Å²) < 4.78 is 5.65. The zero-order valence-corrected chi connectivity index (χ0v) is 25.9. The molecule has 1 fully saturated rings. The summed E-state index contributed by atoms with van der Waals surface area (Å²) in [5, 5.41) is 15.3. The number of ether oxygens (including phenoxy) is 1. The number of aromatic hydroxyl groups is 1. The number of nitrogens with zero attached hydrogens (tertiary/aromatic N) is 4. The van der Waals surface area contributed by atoms with Gasteiger partial charge in [-0.3, -0.25) is 34.5 Å². The average molecular weight is 662 g/mol. The predicted molar refractivity (Wildman–Crippen MR) is 181 cm³/mol. The molecule has 0 spiro atoms. The Labute approximate surface area is 277 Å². The molecule has 5 amide bonds. The number of amides is 5. The molecule has 2 aromatic carbocycles. The highest BCUT2D eigenvalue weighted by atomic mass is 16.5. The average Bonchev–Trinajstić information content (AvgIpc) is 3.06. The predicted octanol–water partition coefficient (Wildman–Crippen LogP) is 3.20. The van der Waals surface area contributed by atoms with Gasteiger partial charge in [0.05, 0.1) is 24.2 Å².